The van der Waals surface area contributed by atoms with Crippen LogP contribution >= 0.6 is 11.3 Å². The number of amides is 1. The lowest BCUT2D eigenvalue weighted by Gasteiger charge is -2.22. The normalized spacial score (nSPS) is 12.0. The fourth-order valence-electron chi connectivity index (χ4n) is 3.49. The number of para-hydroxylation sites is 1. The summed E-state index contributed by atoms with van der Waals surface area (Å²) in [4.78, 5) is 22.1. The van der Waals surface area contributed by atoms with Crippen molar-refractivity contribution in [1.29, 1.82) is 0 Å². The van der Waals surface area contributed by atoms with Gasteiger partial charge in [0.25, 0.3) is 5.91 Å². The quantitative estimate of drug-likeness (QED) is 0.355. The second-order valence-corrected chi connectivity index (χ2v) is 11.6. The summed E-state index contributed by atoms with van der Waals surface area (Å²) < 4.78 is 33.7. The molecule has 0 radical (unpaired) electrons. The maximum atomic E-state index is 13.6. The molecule has 0 fully saturated rings. The number of likely N-dealkylation sites (N-methyl/N-ethyl adjacent to an activating group) is 1. The Bertz CT molecular complexity index is 1240. The van der Waals surface area contributed by atoms with Crippen LogP contribution in [0.1, 0.15) is 37.0 Å². The molecule has 8 nitrogen and oxygen atoms in total. The first-order valence-corrected chi connectivity index (χ1v) is 14.0. The highest BCUT2D eigenvalue weighted by Gasteiger charge is 2.24. The van der Waals surface area contributed by atoms with Crippen molar-refractivity contribution in [1.82, 2.24) is 14.2 Å². The van der Waals surface area contributed by atoms with Crippen LogP contribution in [0.3, 0.4) is 0 Å². The number of thiazole rings is 1. The monoisotopic (exact) mass is 518 g/mol. The first-order valence-electron chi connectivity index (χ1n) is 11.7. The number of fused-ring (bicyclic) bond motifs is 1. The third-order valence-corrected chi connectivity index (χ3v) is 8.47. The number of anilines is 1. The second-order valence-electron chi connectivity index (χ2n) is 8.50. The van der Waals surface area contributed by atoms with Crippen molar-refractivity contribution in [2.75, 3.05) is 52.3 Å². The van der Waals surface area contributed by atoms with Crippen molar-refractivity contribution in [2.45, 2.75) is 31.6 Å². The van der Waals surface area contributed by atoms with Crippen molar-refractivity contribution in [3.8, 4) is 5.75 Å². The zero-order valence-corrected chi connectivity index (χ0v) is 22.7. The molecule has 0 saturated heterocycles. The summed E-state index contributed by atoms with van der Waals surface area (Å²) in [5.74, 6) is 0.460. The van der Waals surface area contributed by atoms with E-state index in [1.165, 1.54) is 27.8 Å². The van der Waals surface area contributed by atoms with Crippen LogP contribution in [-0.4, -0.2) is 75.9 Å². The van der Waals surface area contributed by atoms with E-state index in [1.54, 1.807) is 24.1 Å². The first kappa shape index (κ1) is 27.1. The number of hydrogen-bond acceptors (Lipinski definition) is 7. The lowest BCUT2D eigenvalue weighted by molar-refractivity contribution is 0.0985. The Morgan fingerprint density at radius 3 is 2.34 bits per heavy atom. The summed E-state index contributed by atoms with van der Waals surface area (Å²) in [6.45, 7) is 6.01. The summed E-state index contributed by atoms with van der Waals surface area (Å²) in [6, 6.07) is 11.9. The van der Waals surface area contributed by atoms with Gasteiger partial charge in [-0.3, -0.25) is 9.69 Å². The van der Waals surface area contributed by atoms with E-state index in [0.717, 1.165) is 23.1 Å². The molecule has 1 amide bonds. The summed E-state index contributed by atoms with van der Waals surface area (Å²) in [7, 11) is 1.88. The maximum Gasteiger partial charge on any atom is 0.260 e. The number of sulfonamides is 1. The molecule has 2 aromatic carbocycles. The standard InChI is InChI=1S/C25H34N4O4S2/c1-6-8-16-28(5)35(31,32)20-14-12-19(13-15-20)24(30)29(18-17-27(3)4)25-26-23-21(33-7-2)10-9-11-22(23)34-25/h9-15H,6-8,16-18H2,1-5H3. The van der Waals surface area contributed by atoms with Gasteiger partial charge in [-0.2, -0.15) is 0 Å². The van der Waals surface area contributed by atoms with Crippen molar-refractivity contribution >= 4 is 42.6 Å². The minimum Gasteiger partial charge on any atom is -0.492 e. The molecule has 0 saturated carbocycles. The zero-order valence-electron chi connectivity index (χ0n) is 21.0. The summed E-state index contributed by atoms with van der Waals surface area (Å²) in [5, 5.41) is 0.579. The van der Waals surface area contributed by atoms with Crippen molar-refractivity contribution < 1.29 is 17.9 Å². The molecule has 0 N–H and O–H groups in total. The van der Waals surface area contributed by atoms with Gasteiger partial charge in [0.2, 0.25) is 10.0 Å². The first-order chi connectivity index (χ1) is 16.7. The van der Waals surface area contributed by atoms with Gasteiger partial charge in [0.15, 0.2) is 5.13 Å². The van der Waals surface area contributed by atoms with Gasteiger partial charge < -0.3 is 9.64 Å². The van der Waals surface area contributed by atoms with Gasteiger partial charge in [-0.25, -0.2) is 17.7 Å². The molecular weight excluding hydrogens is 484 g/mol. The van der Waals surface area contributed by atoms with E-state index in [4.69, 9.17) is 9.72 Å². The lowest BCUT2D eigenvalue weighted by atomic mass is 10.2. The van der Waals surface area contributed by atoms with E-state index in [2.05, 4.69) is 0 Å². The Morgan fingerprint density at radius 1 is 1.00 bits per heavy atom. The maximum absolute atomic E-state index is 13.6. The largest absolute Gasteiger partial charge is 0.492 e. The fourth-order valence-corrected chi connectivity index (χ4v) is 5.71. The van der Waals surface area contributed by atoms with E-state index < -0.39 is 10.0 Å². The van der Waals surface area contributed by atoms with Gasteiger partial charge in [0.05, 0.1) is 16.2 Å². The molecule has 0 aliphatic heterocycles. The molecular formula is C25H34N4O4S2. The number of unbranched alkanes of at least 4 members (excludes halogenated alkanes) is 1. The van der Waals surface area contributed by atoms with Gasteiger partial charge in [-0.1, -0.05) is 30.7 Å². The molecule has 0 aliphatic rings. The molecule has 0 atom stereocenters. The van der Waals surface area contributed by atoms with Gasteiger partial charge in [-0.15, -0.1) is 0 Å². The van der Waals surface area contributed by atoms with Crippen LogP contribution in [0.5, 0.6) is 5.75 Å². The van der Waals surface area contributed by atoms with Gasteiger partial charge in [0, 0.05) is 32.2 Å². The van der Waals surface area contributed by atoms with Crippen LogP contribution in [0.4, 0.5) is 5.13 Å². The molecule has 0 spiro atoms. The molecule has 35 heavy (non-hydrogen) atoms. The minimum atomic E-state index is -3.60. The van der Waals surface area contributed by atoms with Crippen molar-refractivity contribution in [3.05, 3.63) is 48.0 Å². The van der Waals surface area contributed by atoms with Crippen molar-refractivity contribution in [3.63, 3.8) is 0 Å². The Hall–Kier alpha value is -2.53. The summed E-state index contributed by atoms with van der Waals surface area (Å²) >= 11 is 1.43. The fraction of sp³-hybridized carbons (Fsp3) is 0.440. The molecule has 3 aromatic rings. The Labute approximate surface area is 212 Å². The molecule has 1 heterocycles. The zero-order chi connectivity index (χ0) is 25.6. The van der Waals surface area contributed by atoms with E-state index in [-0.39, 0.29) is 10.8 Å². The lowest BCUT2D eigenvalue weighted by Crippen LogP contribution is -2.36. The number of rotatable bonds is 12. The molecule has 3 rings (SSSR count). The van der Waals surface area contributed by atoms with E-state index in [1.807, 2.05) is 51.0 Å². The molecule has 10 heteroatoms. The highest BCUT2D eigenvalue weighted by atomic mass is 32.2. The predicted octanol–water partition coefficient (Wildman–Crippen LogP) is 4.32. The van der Waals surface area contributed by atoms with Crippen LogP contribution in [0.15, 0.2) is 47.4 Å². The van der Waals surface area contributed by atoms with Gasteiger partial charge in [-0.05, 0) is 63.8 Å². The predicted molar refractivity (Wildman–Crippen MR) is 142 cm³/mol. The summed E-state index contributed by atoms with van der Waals surface area (Å²) in [5.41, 5.74) is 1.14. The van der Waals surface area contributed by atoms with Crippen LogP contribution in [0.25, 0.3) is 10.2 Å². The van der Waals surface area contributed by atoms with E-state index >= 15 is 0 Å². The van der Waals surface area contributed by atoms with E-state index in [9.17, 15) is 13.2 Å². The third kappa shape index (κ3) is 6.38. The molecule has 0 bridgehead atoms. The Kier molecular flexibility index (Phi) is 9.23. The topological polar surface area (TPSA) is 83.1 Å². The number of carbonyl (C=O) groups excluding carboxylic acids is 1. The van der Waals surface area contributed by atoms with Gasteiger partial charge >= 0.3 is 0 Å². The summed E-state index contributed by atoms with van der Waals surface area (Å²) in [6.07, 6.45) is 1.70. The molecule has 0 aliphatic carbocycles. The third-order valence-electron chi connectivity index (χ3n) is 5.55. The highest BCUT2D eigenvalue weighted by molar-refractivity contribution is 7.89. The minimum absolute atomic E-state index is 0.175. The molecule has 1 aromatic heterocycles. The SMILES string of the molecule is CCCCN(C)S(=O)(=O)c1ccc(C(=O)N(CCN(C)C)c2nc3c(OCC)cccc3s2)cc1. The van der Waals surface area contributed by atoms with Crippen molar-refractivity contribution in [2.24, 2.45) is 0 Å². The van der Waals surface area contributed by atoms with Gasteiger partial charge in [0.1, 0.15) is 11.3 Å². The number of hydrogen-bond donors (Lipinski definition) is 0. The van der Waals surface area contributed by atoms with Crippen LogP contribution < -0.4 is 9.64 Å². The number of aromatic nitrogens is 1. The van der Waals surface area contributed by atoms with E-state index in [0.29, 0.717) is 42.7 Å². The number of nitrogens with zero attached hydrogens (tertiary/aromatic N) is 4. The van der Waals surface area contributed by atoms with Crippen LogP contribution in [0.2, 0.25) is 0 Å². The average Bonchev–Trinajstić information content (AvgIpc) is 3.27. The molecule has 190 valence electrons. The smallest absolute Gasteiger partial charge is 0.260 e. The Morgan fingerprint density at radius 2 is 1.71 bits per heavy atom. The van der Waals surface area contributed by atoms with Crippen LogP contribution in [-0.2, 0) is 10.0 Å². The Balaban J connectivity index is 1.92. The number of carbonyl (C=O) groups is 1. The number of ether oxygens (including phenoxy) is 1. The average molecular weight is 519 g/mol. The highest BCUT2D eigenvalue weighted by Crippen LogP contribution is 2.34. The molecule has 0 unspecified atom stereocenters. The number of benzene rings is 2. The second kappa shape index (κ2) is 11.9. The van der Waals surface area contributed by atoms with Crippen LogP contribution in [0, 0.1) is 0 Å².